The zero-order chi connectivity index (χ0) is 12.7. The van der Waals surface area contributed by atoms with Crippen molar-refractivity contribution >= 4 is 23.6 Å². The van der Waals surface area contributed by atoms with E-state index in [1.54, 1.807) is 12.1 Å². The van der Waals surface area contributed by atoms with Gasteiger partial charge >= 0.3 is 0 Å². The predicted molar refractivity (Wildman–Crippen MR) is 77.1 cm³/mol. The number of allylic oxidation sites excluding steroid dienone is 1. The van der Waals surface area contributed by atoms with Crippen LogP contribution in [0.1, 0.15) is 20.3 Å². The van der Waals surface area contributed by atoms with Gasteiger partial charge in [0.05, 0.1) is 6.61 Å². The molecule has 0 bridgehead atoms. The van der Waals surface area contributed by atoms with Gasteiger partial charge in [-0.3, -0.25) is 0 Å². The molecule has 1 aromatic rings. The number of rotatable bonds is 6. The molecule has 1 aromatic carbocycles. The molecule has 1 N–H and O–H groups in total. The quantitative estimate of drug-likeness (QED) is 0.635. The molecule has 0 heterocycles. The minimum Gasteiger partial charge on any atom is -0.342 e. The predicted octanol–water partition coefficient (Wildman–Crippen LogP) is 3.23. The highest BCUT2D eigenvalue weighted by atomic mass is 32.5. The van der Waals surface area contributed by atoms with Crippen LogP contribution in [-0.4, -0.2) is 11.5 Å². The molecule has 0 fully saturated rings. The zero-order valence-corrected chi connectivity index (χ0v) is 12.0. The summed E-state index contributed by atoms with van der Waals surface area (Å²) in [5.74, 6) is 0.637. The average molecular weight is 270 g/mol. The first kappa shape index (κ1) is 14.6. The monoisotopic (exact) mass is 270 g/mol. The molecule has 94 valence electrons. The van der Waals surface area contributed by atoms with Gasteiger partial charge in [-0.15, -0.1) is 0 Å². The fraction of sp³-hybridized carbons (Fsp3) is 0.385. The van der Waals surface area contributed by atoms with E-state index in [2.05, 4.69) is 19.9 Å². The number of benzene rings is 1. The van der Waals surface area contributed by atoms with Gasteiger partial charge in [-0.05, 0) is 36.3 Å². The second-order valence-corrected chi connectivity index (χ2v) is 7.55. The lowest BCUT2D eigenvalue weighted by molar-refractivity contribution is 0.354. The van der Waals surface area contributed by atoms with Gasteiger partial charge in [0.25, 0.3) is 0 Å². The third-order valence-corrected chi connectivity index (χ3v) is 4.60. The Hall–Kier alpha value is -0.470. The van der Waals surface area contributed by atoms with Crippen molar-refractivity contribution < 1.29 is 9.42 Å². The van der Waals surface area contributed by atoms with E-state index in [4.69, 9.17) is 16.3 Å². The summed E-state index contributed by atoms with van der Waals surface area (Å²) in [4.78, 5) is 10.1. The van der Waals surface area contributed by atoms with Gasteiger partial charge in [-0.1, -0.05) is 44.2 Å². The second kappa shape index (κ2) is 7.07. The van der Waals surface area contributed by atoms with Crippen molar-refractivity contribution in [2.75, 3.05) is 6.61 Å². The van der Waals surface area contributed by atoms with Crippen LogP contribution in [0, 0.1) is 5.92 Å². The summed E-state index contributed by atoms with van der Waals surface area (Å²) < 4.78 is 5.39. The summed E-state index contributed by atoms with van der Waals surface area (Å²) in [5, 5.41) is 0.701. The van der Waals surface area contributed by atoms with E-state index in [1.165, 1.54) is 0 Å². The van der Waals surface area contributed by atoms with E-state index in [1.807, 2.05) is 24.3 Å². The van der Waals surface area contributed by atoms with Crippen molar-refractivity contribution in [3.05, 3.63) is 42.5 Å². The fourth-order valence-corrected chi connectivity index (χ4v) is 2.81. The molecule has 1 rings (SSSR count). The van der Waals surface area contributed by atoms with Crippen LogP contribution in [0.4, 0.5) is 0 Å². The molecule has 0 aromatic heterocycles. The molecular weight excluding hydrogens is 251 g/mol. The van der Waals surface area contributed by atoms with E-state index in [0.29, 0.717) is 17.8 Å². The Bertz CT molecular complexity index is 401. The Morgan fingerprint density at radius 1 is 1.29 bits per heavy atom. The van der Waals surface area contributed by atoms with Crippen molar-refractivity contribution in [3.8, 4) is 0 Å². The molecule has 0 saturated carbocycles. The lowest BCUT2D eigenvalue weighted by Crippen LogP contribution is -2.06. The summed E-state index contributed by atoms with van der Waals surface area (Å²) >= 11 is 5.12. The topological polar surface area (TPSA) is 29.5 Å². The van der Waals surface area contributed by atoms with Crippen molar-refractivity contribution in [1.82, 2.24) is 0 Å². The van der Waals surface area contributed by atoms with Crippen LogP contribution >= 0.6 is 6.49 Å². The third-order valence-electron chi connectivity index (χ3n) is 2.20. The fourth-order valence-electron chi connectivity index (χ4n) is 1.27. The molecule has 1 atom stereocenters. The highest BCUT2D eigenvalue weighted by Gasteiger charge is 2.15. The van der Waals surface area contributed by atoms with E-state index >= 15 is 0 Å². The van der Waals surface area contributed by atoms with Crippen molar-refractivity contribution in [2.45, 2.75) is 20.3 Å². The van der Waals surface area contributed by atoms with Gasteiger partial charge in [-0.25, -0.2) is 0 Å². The average Bonchev–Trinajstić information content (AvgIpc) is 2.29. The maximum atomic E-state index is 10.1. The van der Waals surface area contributed by atoms with Gasteiger partial charge in [-0.2, -0.15) is 0 Å². The standard InChI is InChI=1S/C13H19O2PS/c1-12(2)8-6-7-11-15-16(14,17)13-9-4-3-5-10-13/h3-7,9-10,12H,8,11H2,1-2H3,(H,14,17). The summed E-state index contributed by atoms with van der Waals surface area (Å²) in [6.07, 6.45) is 4.99. The van der Waals surface area contributed by atoms with Crippen LogP contribution in [-0.2, 0) is 16.3 Å². The molecular formula is C13H19O2PS. The van der Waals surface area contributed by atoms with Crippen molar-refractivity contribution in [3.63, 3.8) is 0 Å². The van der Waals surface area contributed by atoms with Crippen LogP contribution in [0.2, 0.25) is 0 Å². The van der Waals surface area contributed by atoms with Crippen LogP contribution in [0.15, 0.2) is 42.5 Å². The maximum absolute atomic E-state index is 10.1. The molecule has 0 aliphatic rings. The maximum Gasteiger partial charge on any atom is 0.217 e. The summed E-state index contributed by atoms with van der Waals surface area (Å²) in [6.45, 7) is 1.86. The normalized spacial score (nSPS) is 15.3. The summed E-state index contributed by atoms with van der Waals surface area (Å²) in [5.41, 5.74) is 0. The Kier molecular flexibility index (Phi) is 6.07. The van der Waals surface area contributed by atoms with E-state index in [9.17, 15) is 4.89 Å². The molecule has 17 heavy (non-hydrogen) atoms. The first-order chi connectivity index (χ1) is 8.02. The molecule has 2 nitrogen and oxygen atoms in total. The summed E-state index contributed by atoms with van der Waals surface area (Å²) in [7, 11) is 0. The molecule has 1 unspecified atom stereocenters. The van der Waals surface area contributed by atoms with Gasteiger partial charge in [0, 0.05) is 5.30 Å². The Morgan fingerprint density at radius 3 is 2.53 bits per heavy atom. The highest BCUT2D eigenvalue weighted by Crippen LogP contribution is 2.40. The molecule has 0 saturated heterocycles. The lowest BCUT2D eigenvalue weighted by Gasteiger charge is -2.14. The largest absolute Gasteiger partial charge is 0.342 e. The molecule has 0 aliphatic heterocycles. The van der Waals surface area contributed by atoms with Crippen molar-refractivity contribution in [1.29, 1.82) is 0 Å². The first-order valence-electron chi connectivity index (χ1n) is 5.70. The van der Waals surface area contributed by atoms with E-state index < -0.39 is 6.49 Å². The molecule has 4 heteroatoms. The van der Waals surface area contributed by atoms with Crippen LogP contribution in [0.3, 0.4) is 0 Å². The Balaban J connectivity index is 2.46. The summed E-state index contributed by atoms with van der Waals surface area (Å²) in [6, 6.07) is 9.20. The number of hydrogen-bond acceptors (Lipinski definition) is 2. The van der Waals surface area contributed by atoms with Crippen molar-refractivity contribution in [2.24, 2.45) is 5.92 Å². The smallest absolute Gasteiger partial charge is 0.217 e. The molecule has 0 radical (unpaired) electrons. The van der Waals surface area contributed by atoms with Crippen LogP contribution in [0.5, 0.6) is 0 Å². The Labute approximate surface area is 108 Å². The van der Waals surface area contributed by atoms with Crippen LogP contribution in [0.25, 0.3) is 0 Å². The van der Waals surface area contributed by atoms with Gasteiger partial charge in [0.1, 0.15) is 0 Å². The van der Waals surface area contributed by atoms with Crippen LogP contribution < -0.4 is 5.30 Å². The lowest BCUT2D eigenvalue weighted by atomic mass is 10.1. The zero-order valence-electron chi connectivity index (χ0n) is 10.2. The van der Waals surface area contributed by atoms with Gasteiger partial charge < -0.3 is 9.42 Å². The van der Waals surface area contributed by atoms with E-state index in [0.717, 1.165) is 6.42 Å². The minimum absolute atomic E-state index is 0.370. The SMILES string of the molecule is CC(C)CC=CCOP(O)(=S)c1ccccc1. The Morgan fingerprint density at radius 2 is 1.94 bits per heavy atom. The first-order valence-corrected chi connectivity index (χ1v) is 8.37. The van der Waals surface area contributed by atoms with Gasteiger partial charge in [0.15, 0.2) is 0 Å². The van der Waals surface area contributed by atoms with Gasteiger partial charge in [0.2, 0.25) is 6.49 Å². The highest BCUT2D eigenvalue weighted by molar-refractivity contribution is 8.13. The molecule has 0 aliphatic carbocycles. The molecule has 0 spiro atoms. The molecule has 0 amide bonds. The van der Waals surface area contributed by atoms with E-state index in [-0.39, 0.29) is 0 Å². The number of hydrogen-bond donors (Lipinski definition) is 1. The minimum atomic E-state index is -2.83. The second-order valence-electron chi connectivity index (χ2n) is 4.25. The third kappa shape index (κ3) is 5.60.